The Morgan fingerprint density at radius 3 is 2.48 bits per heavy atom. The summed E-state index contributed by atoms with van der Waals surface area (Å²) in [7, 11) is 0. The van der Waals surface area contributed by atoms with E-state index in [-0.39, 0.29) is 5.91 Å². The van der Waals surface area contributed by atoms with Gasteiger partial charge in [0.05, 0.1) is 11.3 Å². The minimum Gasteiger partial charge on any atom is -0.353 e. The fraction of sp³-hybridized carbons (Fsp3) is 0.200. The molecule has 0 bridgehead atoms. The van der Waals surface area contributed by atoms with Gasteiger partial charge in [-0.25, -0.2) is 9.97 Å². The van der Waals surface area contributed by atoms with E-state index in [0.29, 0.717) is 18.7 Å². The van der Waals surface area contributed by atoms with Crippen molar-refractivity contribution >= 4 is 27.7 Å². The van der Waals surface area contributed by atoms with Crippen molar-refractivity contribution < 1.29 is 4.79 Å². The van der Waals surface area contributed by atoms with Gasteiger partial charge in [-0.2, -0.15) is 0 Å². The summed E-state index contributed by atoms with van der Waals surface area (Å²) in [6.07, 6.45) is 4.88. The summed E-state index contributed by atoms with van der Waals surface area (Å²) >= 11 is 3.36. The van der Waals surface area contributed by atoms with Gasteiger partial charge in [0.1, 0.15) is 12.1 Å². The predicted molar refractivity (Wildman–Crippen MR) is 108 cm³/mol. The Morgan fingerprint density at radius 1 is 0.963 bits per heavy atom. The number of rotatable bonds is 3. The predicted octanol–water partition coefficient (Wildman–Crippen LogP) is 3.26. The first-order valence-electron chi connectivity index (χ1n) is 8.73. The van der Waals surface area contributed by atoms with Crippen molar-refractivity contribution in [2.75, 3.05) is 31.1 Å². The smallest absolute Gasteiger partial charge is 0.255 e. The van der Waals surface area contributed by atoms with Gasteiger partial charge < -0.3 is 9.80 Å². The molecule has 0 radical (unpaired) electrons. The zero-order valence-corrected chi connectivity index (χ0v) is 16.2. The molecule has 1 saturated heterocycles. The second-order valence-corrected chi connectivity index (χ2v) is 7.21. The second kappa shape index (κ2) is 7.84. The number of benzene rings is 1. The SMILES string of the molecule is O=C(c1cncc(Br)c1)N1CCN(c2cc(-c3ccccc3)ncn2)CC1. The van der Waals surface area contributed by atoms with Crippen LogP contribution >= 0.6 is 15.9 Å². The average molecular weight is 424 g/mol. The molecule has 136 valence electrons. The van der Waals surface area contributed by atoms with Crippen molar-refractivity contribution in [3.05, 3.63) is 71.2 Å². The molecular weight excluding hydrogens is 406 g/mol. The van der Waals surface area contributed by atoms with Crippen LogP contribution in [0, 0.1) is 0 Å². The maximum absolute atomic E-state index is 12.7. The van der Waals surface area contributed by atoms with Crippen LogP contribution in [0.2, 0.25) is 0 Å². The monoisotopic (exact) mass is 423 g/mol. The highest BCUT2D eigenvalue weighted by atomic mass is 79.9. The number of amides is 1. The van der Waals surface area contributed by atoms with Gasteiger partial charge in [-0.05, 0) is 22.0 Å². The van der Waals surface area contributed by atoms with Gasteiger partial charge in [0.25, 0.3) is 5.91 Å². The Kier molecular flexibility index (Phi) is 5.11. The van der Waals surface area contributed by atoms with Crippen LogP contribution in [0.3, 0.4) is 0 Å². The third kappa shape index (κ3) is 3.98. The van der Waals surface area contributed by atoms with Gasteiger partial charge in [-0.15, -0.1) is 0 Å². The lowest BCUT2D eigenvalue weighted by molar-refractivity contribution is 0.0746. The van der Waals surface area contributed by atoms with Crippen molar-refractivity contribution in [1.82, 2.24) is 19.9 Å². The second-order valence-electron chi connectivity index (χ2n) is 6.30. The van der Waals surface area contributed by atoms with Crippen LogP contribution in [0.1, 0.15) is 10.4 Å². The van der Waals surface area contributed by atoms with Gasteiger partial charge in [0.2, 0.25) is 0 Å². The standard InChI is InChI=1S/C20H18BrN5O/c21-17-10-16(12-22-13-17)20(27)26-8-6-25(7-9-26)19-11-18(23-14-24-19)15-4-2-1-3-5-15/h1-5,10-14H,6-9H2. The van der Waals surface area contributed by atoms with Crippen LogP contribution in [0.25, 0.3) is 11.3 Å². The zero-order chi connectivity index (χ0) is 18.6. The molecule has 3 aromatic rings. The summed E-state index contributed by atoms with van der Waals surface area (Å²) in [6.45, 7) is 2.77. The summed E-state index contributed by atoms with van der Waals surface area (Å²) in [5.41, 5.74) is 2.57. The molecule has 2 aromatic heterocycles. The number of carbonyl (C=O) groups is 1. The van der Waals surface area contributed by atoms with Gasteiger partial charge in [-0.1, -0.05) is 30.3 Å². The Hall–Kier alpha value is -2.80. The topological polar surface area (TPSA) is 62.2 Å². The van der Waals surface area contributed by atoms with E-state index >= 15 is 0 Å². The van der Waals surface area contributed by atoms with E-state index in [4.69, 9.17) is 0 Å². The number of nitrogens with zero attached hydrogens (tertiary/aromatic N) is 5. The first kappa shape index (κ1) is 17.6. The third-order valence-electron chi connectivity index (χ3n) is 4.56. The zero-order valence-electron chi connectivity index (χ0n) is 14.6. The molecule has 0 saturated carbocycles. The summed E-state index contributed by atoms with van der Waals surface area (Å²) in [5.74, 6) is 0.899. The maximum atomic E-state index is 12.7. The molecule has 1 amide bonds. The first-order valence-corrected chi connectivity index (χ1v) is 9.52. The molecule has 1 aliphatic heterocycles. The van der Waals surface area contributed by atoms with E-state index in [1.165, 1.54) is 0 Å². The van der Waals surface area contributed by atoms with Gasteiger partial charge in [0, 0.05) is 54.7 Å². The third-order valence-corrected chi connectivity index (χ3v) is 5.00. The molecule has 27 heavy (non-hydrogen) atoms. The van der Waals surface area contributed by atoms with Crippen molar-refractivity contribution in [2.45, 2.75) is 0 Å². The van der Waals surface area contributed by atoms with Crippen LogP contribution in [-0.2, 0) is 0 Å². The van der Waals surface area contributed by atoms with Crippen molar-refractivity contribution in [3.63, 3.8) is 0 Å². The number of carbonyl (C=O) groups excluding carboxylic acids is 1. The molecule has 7 heteroatoms. The Labute approximate surface area is 166 Å². The molecule has 0 N–H and O–H groups in total. The highest BCUT2D eigenvalue weighted by Crippen LogP contribution is 2.22. The van der Waals surface area contributed by atoms with Crippen molar-refractivity contribution in [3.8, 4) is 11.3 Å². The fourth-order valence-corrected chi connectivity index (χ4v) is 3.50. The van der Waals surface area contributed by atoms with Crippen molar-refractivity contribution in [1.29, 1.82) is 0 Å². The lowest BCUT2D eigenvalue weighted by Crippen LogP contribution is -2.49. The lowest BCUT2D eigenvalue weighted by Gasteiger charge is -2.35. The van der Waals surface area contributed by atoms with Crippen LogP contribution in [0.15, 0.2) is 65.7 Å². The molecule has 1 aliphatic rings. The number of hydrogen-bond donors (Lipinski definition) is 0. The van der Waals surface area contributed by atoms with E-state index in [9.17, 15) is 4.79 Å². The Balaban J connectivity index is 1.44. The number of halogens is 1. The van der Waals surface area contributed by atoms with Gasteiger partial charge in [0.15, 0.2) is 0 Å². The van der Waals surface area contributed by atoms with Crippen LogP contribution in [0.5, 0.6) is 0 Å². The highest BCUT2D eigenvalue weighted by molar-refractivity contribution is 9.10. The van der Waals surface area contributed by atoms with Gasteiger partial charge >= 0.3 is 0 Å². The summed E-state index contributed by atoms with van der Waals surface area (Å²) < 4.78 is 0.807. The normalized spacial score (nSPS) is 14.3. The number of aromatic nitrogens is 3. The average Bonchev–Trinajstić information content (AvgIpc) is 2.74. The van der Waals surface area contributed by atoms with E-state index in [1.807, 2.05) is 41.3 Å². The number of piperazine rings is 1. The summed E-state index contributed by atoms with van der Waals surface area (Å²) in [5, 5.41) is 0. The molecule has 0 aliphatic carbocycles. The van der Waals surface area contributed by atoms with Crippen LogP contribution in [0.4, 0.5) is 5.82 Å². The molecular formula is C20H18BrN5O. The molecule has 0 atom stereocenters. The summed E-state index contributed by atoms with van der Waals surface area (Å²) in [6, 6.07) is 13.9. The minimum absolute atomic E-state index is 0.0103. The van der Waals surface area contributed by atoms with Gasteiger partial charge in [-0.3, -0.25) is 9.78 Å². The fourth-order valence-electron chi connectivity index (χ4n) is 3.14. The molecule has 0 spiro atoms. The maximum Gasteiger partial charge on any atom is 0.255 e. The van der Waals surface area contributed by atoms with Crippen molar-refractivity contribution in [2.24, 2.45) is 0 Å². The quantitative estimate of drug-likeness (QED) is 0.646. The van der Waals surface area contributed by atoms with E-state index in [0.717, 1.165) is 34.6 Å². The van der Waals surface area contributed by atoms with E-state index in [2.05, 4.69) is 35.8 Å². The van der Waals surface area contributed by atoms with E-state index < -0.39 is 0 Å². The molecule has 3 heterocycles. The van der Waals surface area contributed by atoms with Crippen LogP contribution < -0.4 is 4.90 Å². The summed E-state index contributed by atoms with van der Waals surface area (Å²) in [4.78, 5) is 29.6. The molecule has 1 aromatic carbocycles. The lowest BCUT2D eigenvalue weighted by atomic mass is 10.1. The largest absolute Gasteiger partial charge is 0.353 e. The number of pyridine rings is 1. The minimum atomic E-state index is 0.0103. The number of anilines is 1. The Bertz CT molecular complexity index is 942. The first-order chi connectivity index (χ1) is 13.2. The molecule has 6 nitrogen and oxygen atoms in total. The highest BCUT2D eigenvalue weighted by Gasteiger charge is 2.23. The van der Waals surface area contributed by atoms with Crippen LogP contribution in [-0.4, -0.2) is 51.9 Å². The molecule has 1 fully saturated rings. The number of hydrogen-bond acceptors (Lipinski definition) is 5. The Morgan fingerprint density at radius 2 is 1.74 bits per heavy atom. The molecule has 0 unspecified atom stereocenters. The molecule has 4 rings (SSSR count). The van der Waals surface area contributed by atoms with E-state index in [1.54, 1.807) is 24.8 Å².